The van der Waals surface area contributed by atoms with E-state index in [9.17, 15) is 0 Å². The van der Waals surface area contributed by atoms with Gasteiger partial charge >= 0.3 is 0 Å². The Morgan fingerprint density at radius 1 is 1.40 bits per heavy atom. The minimum absolute atomic E-state index is 0.376. The molecule has 4 nitrogen and oxygen atoms in total. The van der Waals surface area contributed by atoms with Gasteiger partial charge in [0.2, 0.25) is 0 Å². The monoisotopic (exact) mass is 335 g/mol. The van der Waals surface area contributed by atoms with Crippen LogP contribution in [0, 0.1) is 0 Å². The van der Waals surface area contributed by atoms with Crippen LogP contribution in [0.5, 0.6) is 5.75 Å². The normalized spacial score (nSPS) is 18.4. The van der Waals surface area contributed by atoms with E-state index in [-0.39, 0.29) is 0 Å². The molecule has 106 valence electrons. The zero-order valence-electron chi connectivity index (χ0n) is 11.7. The van der Waals surface area contributed by atoms with Gasteiger partial charge in [0.05, 0.1) is 19.0 Å². The fraction of sp³-hybridized carbons (Fsp3) is 0.400. The van der Waals surface area contributed by atoms with Crippen LogP contribution in [0.3, 0.4) is 0 Å². The van der Waals surface area contributed by atoms with Crippen LogP contribution in [0.15, 0.2) is 28.9 Å². The van der Waals surface area contributed by atoms with Crippen LogP contribution >= 0.6 is 15.9 Å². The van der Waals surface area contributed by atoms with E-state index in [0.29, 0.717) is 6.04 Å². The van der Waals surface area contributed by atoms with Crippen molar-refractivity contribution in [3.8, 4) is 16.9 Å². The molecule has 1 atom stereocenters. The van der Waals surface area contributed by atoms with Crippen LogP contribution in [0.2, 0.25) is 0 Å². The molecular formula is C15H18BrN3O. The minimum Gasteiger partial charge on any atom is -0.496 e. The molecular weight excluding hydrogens is 318 g/mol. The molecule has 1 aliphatic rings. The first kappa shape index (κ1) is 13.6. The highest BCUT2D eigenvalue weighted by atomic mass is 79.9. The number of benzene rings is 1. The molecule has 1 unspecified atom stereocenters. The first-order valence-electron chi connectivity index (χ1n) is 6.80. The predicted octanol–water partition coefficient (Wildman–Crippen LogP) is 3.28. The van der Waals surface area contributed by atoms with Gasteiger partial charge in [-0.15, -0.1) is 0 Å². The molecule has 1 saturated heterocycles. The Kier molecular flexibility index (Phi) is 3.81. The molecule has 5 heteroatoms. The fourth-order valence-corrected chi connectivity index (χ4v) is 3.24. The highest BCUT2D eigenvalue weighted by Gasteiger charge is 2.24. The molecule has 20 heavy (non-hydrogen) atoms. The summed E-state index contributed by atoms with van der Waals surface area (Å²) < 4.78 is 8.52. The number of aryl methyl sites for hydroxylation is 1. The fourth-order valence-electron chi connectivity index (χ4n) is 2.88. The number of hydrogen-bond donors (Lipinski definition) is 1. The summed E-state index contributed by atoms with van der Waals surface area (Å²) in [7, 11) is 3.71. The molecule has 0 saturated carbocycles. The average Bonchev–Trinajstić information content (AvgIpc) is 3.07. The number of hydrogen-bond acceptors (Lipinski definition) is 3. The third kappa shape index (κ3) is 2.36. The topological polar surface area (TPSA) is 39.1 Å². The lowest BCUT2D eigenvalue weighted by molar-refractivity contribution is 0.416. The number of methoxy groups -OCH3 is 1. The van der Waals surface area contributed by atoms with Crippen LogP contribution in [0.1, 0.15) is 24.6 Å². The number of nitrogens with one attached hydrogen (secondary N) is 1. The third-order valence-electron chi connectivity index (χ3n) is 3.83. The van der Waals surface area contributed by atoms with Gasteiger partial charge in [-0.05, 0) is 37.6 Å². The van der Waals surface area contributed by atoms with Crippen molar-refractivity contribution in [1.82, 2.24) is 15.1 Å². The average molecular weight is 336 g/mol. The van der Waals surface area contributed by atoms with Crippen molar-refractivity contribution in [3.63, 3.8) is 0 Å². The van der Waals surface area contributed by atoms with Crippen molar-refractivity contribution in [2.75, 3.05) is 13.7 Å². The standard InChI is InChI=1S/C15H18BrN3O/c1-19-15(13-4-3-7-17-13)12(9-18-19)11-8-10(16)5-6-14(11)20-2/h5-6,8-9,13,17H,3-4,7H2,1-2H3. The van der Waals surface area contributed by atoms with Gasteiger partial charge < -0.3 is 10.1 Å². The van der Waals surface area contributed by atoms with Crippen LogP contribution in [0.25, 0.3) is 11.1 Å². The van der Waals surface area contributed by atoms with Crippen LogP contribution in [-0.4, -0.2) is 23.4 Å². The minimum atomic E-state index is 0.376. The number of aromatic nitrogens is 2. The number of ether oxygens (including phenoxy) is 1. The Bertz CT molecular complexity index is 618. The zero-order chi connectivity index (χ0) is 14.1. The highest BCUT2D eigenvalue weighted by molar-refractivity contribution is 9.10. The molecule has 2 heterocycles. The van der Waals surface area contributed by atoms with Crippen LogP contribution < -0.4 is 10.1 Å². The molecule has 1 aromatic carbocycles. The lowest BCUT2D eigenvalue weighted by atomic mass is 10.0. The molecule has 1 fully saturated rings. The second-order valence-corrected chi connectivity index (χ2v) is 5.98. The lowest BCUT2D eigenvalue weighted by Crippen LogP contribution is -2.17. The quantitative estimate of drug-likeness (QED) is 0.935. The first-order chi connectivity index (χ1) is 9.70. The molecule has 1 aliphatic heterocycles. The summed E-state index contributed by atoms with van der Waals surface area (Å²) in [4.78, 5) is 0. The Labute approximate surface area is 127 Å². The predicted molar refractivity (Wildman–Crippen MR) is 82.9 cm³/mol. The molecule has 0 aliphatic carbocycles. The van der Waals surface area contributed by atoms with E-state index >= 15 is 0 Å². The summed E-state index contributed by atoms with van der Waals surface area (Å²) >= 11 is 3.54. The van der Waals surface area contributed by atoms with Gasteiger partial charge in [0.25, 0.3) is 0 Å². The second kappa shape index (κ2) is 5.58. The molecule has 0 radical (unpaired) electrons. The second-order valence-electron chi connectivity index (χ2n) is 5.06. The van der Waals surface area contributed by atoms with E-state index < -0.39 is 0 Å². The summed E-state index contributed by atoms with van der Waals surface area (Å²) in [6.45, 7) is 1.07. The van der Waals surface area contributed by atoms with Gasteiger partial charge in [-0.2, -0.15) is 5.10 Å². The number of nitrogens with zero attached hydrogens (tertiary/aromatic N) is 2. The Balaban J connectivity index is 2.13. The van der Waals surface area contributed by atoms with Crippen molar-refractivity contribution in [2.24, 2.45) is 7.05 Å². The van der Waals surface area contributed by atoms with Gasteiger partial charge in [-0.3, -0.25) is 4.68 Å². The molecule has 1 aromatic heterocycles. The Morgan fingerprint density at radius 3 is 2.95 bits per heavy atom. The molecule has 0 bridgehead atoms. The summed E-state index contributed by atoms with van der Waals surface area (Å²) in [5, 5.41) is 8.00. The van der Waals surface area contributed by atoms with E-state index in [1.807, 2.05) is 30.1 Å². The SMILES string of the molecule is COc1ccc(Br)cc1-c1cnn(C)c1C1CCCN1. The maximum Gasteiger partial charge on any atom is 0.126 e. The smallest absolute Gasteiger partial charge is 0.126 e. The zero-order valence-corrected chi connectivity index (χ0v) is 13.3. The van der Waals surface area contributed by atoms with Crippen molar-refractivity contribution in [2.45, 2.75) is 18.9 Å². The number of rotatable bonds is 3. The molecule has 2 aromatic rings. The maximum absolute atomic E-state index is 5.50. The van der Waals surface area contributed by atoms with E-state index in [4.69, 9.17) is 4.74 Å². The van der Waals surface area contributed by atoms with Gasteiger partial charge in [0.15, 0.2) is 0 Å². The maximum atomic E-state index is 5.50. The van der Waals surface area contributed by atoms with Crippen molar-refractivity contribution < 1.29 is 4.74 Å². The first-order valence-corrected chi connectivity index (χ1v) is 7.59. The van der Waals surface area contributed by atoms with Gasteiger partial charge in [0, 0.05) is 28.7 Å². The lowest BCUT2D eigenvalue weighted by Gasteiger charge is -2.15. The molecule has 0 spiro atoms. The van der Waals surface area contributed by atoms with Crippen molar-refractivity contribution >= 4 is 15.9 Å². The Hall–Kier alpha value is -1.33. The van der Waals surface area contributed by atoms with Gasteiger partial charge in [-0.1, -0.05) is 15.9 Å². The molecule has 0 amide bonds. The molecule has 1 N–H and O–H groups in total. The largest absolute Gasteiger partial charge is 0.496 e. The van der Waals surface area contributed by atoms with E-state index in [1.165, 1.54) is 12.1 Å². The summed E-state index contributed by atoms with van der Waals surface area (Å²) in [6.07, 6.45) is 4.30. The summed E-state index contributed by atoms with van der Waals surface area (Å²) in [6, 6.07) is 6.44. The van der Waals surface area contributed by atoms with Crippen LogP contribution in [-0.2, 0) is 7.05 Å². The van der Waals surface area contributed by atoms with E-state index in [0.717, 1.165) is 34.3 Å². The van der Waals surface area contributed by atoms with Crippen molar-refractivity contribution in [1.29, 1.82) is 0 Å². The van der Waals surface area contributed by atoms with Crippen molar-refractivity contribution in [3.05, 3.63) is 34.6 Å². The van der Waals surface area contributed by atoms with Gasteiger partial charge in [0.1, 0.15) is 5.75 Å². The molecule has 3 rings (SSSR count). The van der Waals surface area contributed by atoms with Gasteiger partial charge in [-0.25, -0.2) is 0 Å². The summed E-state index contributed by atoms with van der Waals surface area (Å²) in [5.74, 6) is 0.875. The number of halogens is 1. The third-order valence-corrected chi connectivity index (χ3v) is 4.32. The van der Waals surface area contributed by atoms with E-state index in [2.05, 4.69) is 32.4 Å². The van der Waals surface area contributed by atoms with Crippen LogP contribution in [0.4, 0.5) is 0 Å². The summed E-state index contributed by atoms with van der Waals surface area (Å²) in [5.41, 5.74) is 3.46. The van der Waals surface area contributed by atoms with E-state index in [1.54, 1.807) is 7.11 Å². The Morgan fingerprint density at radius 2 is 2.25 bits per heavy atom. The highest BCUT2D eigenvalue weighted by Crippen LogP contribution is 2.38.